The van der Waals surface area contributed by atoms with Gasteiger partial charge in [0.25, 0.3) is 11.6 Å². The zero-order valence-corrected chi connectivity index (χ0v) is 19.3. The van der Waals surface area contributed by atoms with Gasteiger partial charge >= 0.3 is 0 Å². The molecule has 0 fully saturated rings. The van der Waals surface area contributed by atoms with Crippen LogP contribution >= 0.6 is 11.6 Å². The predicted octanol–water partition coefficient (Wildman–Crippen LogP) is 7.00. The van der Waals surface area contributed by atoms with Crippen molar-refractivity contribution in [2.24, 2.45) is 10.2 Å². The van der Waals surface area contributed by atoms with E-state index in [0.29, 0.717) is 27.3 Å². The molecule has 10 heteroatoms. The van der Waals surface area contributed by atoms with E-state index in [1.165, 1.54) is 10.9 Å². The van der Waals surface area contributed by atoms with Gasteiger partial charge in [0.1, 0.15) is 5.69 Å². The molecule has 0 saturated carbocycles. The summed E-state index contributed by atoms with van der Waals surface area (Å²) in [7, 11) is 0. The number of hydrogen-bond acceptors (Lipinski definition) is 6. The van der Waals surface area contributed by atoms with E-state index in [4.69, 9.17) is 18.2 Å². The maximum Gasteiger partial charge on any atom is 0.259 e. The number of benzene rings is 3. The molecule has 5 aromatic rings. The number of fused-ring (bicyclic) bond motifs is 1. The van der Waals surface area contributed by atoms with Gasteiger partial charge in [0, 0.05) is 22.3 Å². The van der Waals surface area contributed by atoms with Gasteiger partial charge in [-0.3, -0.25) is 4.79 Å². The average molecular weight is 494 g/mol. The zero-order chi connectivity index (χ0) is 25.1. The number of nitrogens with zero attached hydrogens (tertiary/aromatic N) is 6. The Morgan fingerprint density at radius 3 is 2.58 bits per heavy atom. The minimum atomic E-state index is -0.530. The second kappa shape index (κ2) is 9.66. The molecule has 9 nitrogen and oxygen atoms in total. The lowest BCUT2D eigenvalue weighted by atomic mass is 10.0. The zero-order valence-electron chi connectivity index (χ0n) is 18.5. The number of carbonyl (C=O) groups excluding carboxylic acids is 1. The molecule has 2 N–H and O–H groups in total. The topological polar surface area (TPSA) is 109 Å². The largest absolute Gasteiger partial charge is 0.505 e. The number of carbonyl (C=O) groups is 1. The van der Waals surface area contributed by atoms with E-state index in [2.05, 4.69) is 30.5 Å². The lowest BCUT2D eigenvalue weighted by Crippen LogP contribution is -2.12. The van der Waals surface area contributed by atoms with E-state index in [0.717, 1.165) is 0 Å². The highest BCUT2D eigenvalue weighted by Crippen LogP contribution is 2.40. The monoisotopic (exact) mass is 493 g/mol. The molecular weight excluding hydrogens is 478 g/mol. The van der Waals surface area contributed by atoms with Crippen molar-refractivity contribution < 1.29 is 9.90 Å². The van der Waals surface area contributed by atoms with Crippen LogP contribution in [0, 0.1) is 6.57 Å². The number of nitrogens with one attached hydrogen (secondary N) is 1. The van der Waals surface area contributed by atoms with E-state index < -0.39 is 5.91 Å². The molecule has 2 heterocycles. The molecule has 0 aliphatic rings. The summed E-state index contributed by atoms with van der Waals surface area (Å²) in [6.07, 6.45) is 2.96. The summed E-state index contributed by atoms with van der Waals surface area (Å²) >= 11 is 5.92. The van der Waals surface area contributed by atoms with Gasteiger partial charge in [-0.05, 0) is 47.9 Å². The lowest BCUT2D eigenvalue weighted by Gasteiger charge is -2.11. The van der Waals surface area contributed by atoms with Gasteiger partial charge in [0.2, 0.25) is 0 Å². The SMILES string of the molecule is [C-]#[N+]c1cnn(-c2ccccn2)c1/N=N/c1c(O)c(C(=O)Nc2ccc(Cl)cc2)cc2ccccc12. The number of halogens is 1. The molecule has 1 amide bonds. The van der Waals surface area contributed by atoms with Crippen LogP contribution in [0.1, 0.15) is 10.4 Å². The number of phenolic OH excluding ortho intramolecular Hbond substituents is 1. The average Bonchev–Trinajstić information content (AvgIpc) is 3.32. The highest BCUT2D eigenvalue weighted by atomic mass is 35.5. The van der Waals surface area contributed by atoms with Crippen molar-refractivity contribution >= 4 is 51.2 Å². The number of aromatic nitrogens is 3. The molecule has 0 spiro atoms. The Balaban J connectivity index is 1.60. The first-order valence-electron chi connectivity index (χ1n) is 10.7. The second-order valence-corrected chi connectivity index (χ2v) is 8.00. The normalized spacial score (nSPS) is 11.0. The summed E-state index contributed by atoms with van der Waals surface area (Å²) in [5.41, 5.74) is 0.770. The summed E-state index contributed by atoms with van der Waals surface area (Å²) in [6.45, 7) is 7.47. The number of azo groups is 1. The third-order valence-electron chi connectivity index (χ3n) is 5.30. The molecule has 0 saturated heterocycles. The van der Waals surface area contributed by atoms with Crippen LogP contribution in [-0.2, 0) is 0 Å². The number of pyridine rings is 1. The maximum absolute atomic E-state index is 13.0. The van der Waals surface area contributed by atoms with Crippen molar-refractivity contribution in [1.29, 1.82) is 0 Å². The molecule has 174 valence electrons. The number of anilines is 1. The van der Waals surface area contributed by atoms with E-state index in [1.807, 2.05) is 6.07 Å². The fourth-order valence-corrected chi connectivity index (χ4v) is 3.70. The first kappa shape index (κ1) is 22.7. The van der Waals surface area contributed by atoms with Gasteiger partial charge in [0.05, 0.1) is 18.3 Å². The summed E-state index contributed by atoms with van der Waals surface area (Å²) in [5, 5.41) is 28.4. The Labute approximate surface area is 210 Å². The van der Waals surface area contributed by atoms with Crippen molar-refractivity contribution in [2.45, 2.75) is 0 Å². The molecule has 5 rings (SSSR count). The van der Waals surface area contributed by atoms with Gasteiger partial charge in [-0.1, -0.05) is 41.9 Å². The quantitative estimate of drug-likeness (QED) is 0.203. The van der Waals surface area contributed by atoms with Crippen LogP contribution in [0.3, 0.4) is 0 Å². The first-order chi connectivity index (χ1) is 17.5. The molecule has 0 atom stereocenters. The van der Waals surface area contributed by atoms with Crippen LogP contribution in [0.15, 0.2) is 95.4 Å². The Bertz CT molecular complexity index is 1660. The summed E-state index contributed by atoms with van der Waals surface area (Å²) < 4.78 is 1.38. The number of rotatable bonds is 5. The van der Waals surface area contributed by atoms with Gasteiger partial charge in [-0.15, -0.1) is 10.2 Å². The van der Waals surface area contributed by atoms with Crippen LogP contribution in [0.25, 0.3) is 21.4 Å². The molecule has 36 heavy (non-hydrogen) atoms. The Hall–Kier alpha value is -5.07. The van der Waals surface area contributed by atoms with Crippen molar-refractivity contribution in [3.63, 3.8) is 0 Å². The van der Waals surface area contributed by atoms with E-state index in [9.17, 15) is 9.90 Å². The van der Waals surface area contributed by atoms with Gasteiger partial charge in [-0.25, -0.2) is 14.5 Å². The molecule has 0 unspecified atom stereocenters. The summed E-state index contributed by atoms with van der Waals surface area (Å²) in [6, 6.07) is 20.6. The van der Waals surface area contributed by atoms with Gasteiger partial charge in [-0.2, -0.15) is 5.10 Å². The molecule has 0 aliphatic heterocycles. The summed E-state index contributed by atoms with van der Waals surface area (Å²) in [5.74, 6) is -0.288. The van der Waals surface area contributed by atoms with Crippen molar-refractivity contribution in [3.8, 4) is 11.6 Å². The molecule has 0 bridgehead atoms. The fourth-order valence-electron chi connectivity index (χ4n) is 3.57. The van der Waals surface area contributed by atoms with Crippen molar-refractivity contribution in [1.82, 2.24) is 14.8 Å². The fraction of sp³-hybridized carbons (Fsp3) is 0. The van der Waals surface area contributed by atoms with Crippen LogP contribution in [0.5, 0.6) is 5.75 Å². The Morgan fingerprint density at radius 2 is 1.83 bits per heavy atom. The Kier molecular flexibility index (Phi) is 6.09. The van der Waals surface area contributed by atoms with E-state index >= 15 is 0 Å². The lowest BCUT2D eigenvalue weighted by molar-refractivity contribution is 0.102. The van der Waals surface area contributed by atoms with Gasteiger partial charge < -0.3 is 10.4 Å². The maximum atomic E-state index is 13.0. The molecule has 3 aromatic carbocycles. The number of hydrogen-bond donors (Lipinski definition) is 2. The van der Waals surface area contributed by atoms with Crippen molar-refractivity contribution in [3.05, 3.63) is 107 Å². The Morgan fingerprint density at radius 1 is 1.06 bits per heavy atom. The highest BCUT2D eigenvalue weighted by Gasteiger charge is 2.19. The van der Waals surface area contributed by atoms with Crippen LogP contribution in [0.4, 0.5) is 22.9 Å². The molecular formula is C26H16ClN7O2. The minimum Gasteiger partial charge on any atom is -0.505 e. The van der Waals surface area contributed by atoms with Crippen LogP contribution in [0.2, 0.25) is 5.02 Å². The van der Waals surface area contributed by atoms with Gasteiger partial charge in [0.15, 0.2) is 17.4 Å². The molecule has 2 aromatic heterocycles. The third-order valence-corrected chi connectivity index (χ3v) is 5.55. The van der Waals surface area contributed by atoms with E-state index in [-0.39, 0.29) is 28.5 Å². The van der Waals surface area contributed by atoms with Crippen LogP contribution < -0.4 is 5.32 Å². The number of amides is 1. The van der Waals surface area contributed by atoms with Crippen LogP contribution in [-0.4, -0.2) is 25.8 Å². The number of phenols is 1. The molecule has 0 radical (unpaired) electrons. The smallest absolute Gasteiger partial charge is 0.259 e. The first-order valence-corrected chi connectivity index (χ1v) is 11.0. The van der Waals surface area contributed by atoms with Crippen molar-refractivity contribution in [2.75, 3.05) is 5.32 Å². The summed E-state index contributed by atoms with van der Waals surface area (Å²) in [4.78, 5) is 20.8. The standard InChI is InChI=1S/C26H16ClN7O2/c1-28-21-15-30-34(22-8-4-5-13-29-22)25(21)33-32-23-19-7-3-2-6-16(19)14-20(24(23)35)26(36)31-18-11-9-17(27)10-12-18/h2-15,35H,(H,31,36)/b33-32+. The third kappa shape index (κ3) is 4.36. The predicted molar refractivity (Wildman–Crippen MR) is 137 cm³/mol. The van der Waals surface area contributed by atoms with E-state index in [1.54, 1.807) is 72.9 Å². The molecule has 0 aliphatic carbocycles. The number of aromatic hydroxyl groups is 1. The minimum absolute atomic E-state index is 0.0150. The highest BCUT2D eigenvalue weighted by molar-refractivity contribution is 6.30. The second-order valence-electron chi connectivity index (χ2n) is 7.57.